The number of aromatic nitrogens is 2. The van der Waals surface area contributed by atoms with Gasteiger partial charge in [0.05, 0.1) is 11.1 Å². The van der Waals surface area contributed by atoms with Crippen LogP contribution in [0.25, 0.3) is 34.5 Å². The summed E-state index contributed by atoms with van der Waals surface area (Å²) in [5, 5.41) is 0. The van der Waals surface area contributed by atoms with Crippen molar-refractivity contribution in [1.29, 1.82) is 0 Å². The van der Waals surface area contributed by atoms with E-state index in [0.29, 0.717) is 0 Å². The Balaban J connectivity index is 1.41. The van der Waals surface area contributed by atoms with Crippen molar-refractivity contribution in [2.75, 3.05) is 0 Å². The SMILES string of the molecule is C1=Cc2ccc(-c3ccc(-c4cccnc4)nc3)cc2C2(c3ccccc31)c1ccccc1Sc1ccccc12. The van der Waals surface area contributed by atoms with Crippen LogP contribution in [0.3, 0.4) is 0 Å². The topological polar surface area (TPSA) is 25.8 Å². The highest BCUT2D eigenvalue weighted by Crippen LogP contribution is 2.58. The molecule has 188 valence electrons. The minimum absolute atomic E-state index is 0.451. The van der Waals surface area contributed by atoms with Crippen molar-refractivity contribution in [2.45, 2.75) is 15.2 Å². The molecule has 0 saturated carbocycles. The van der Waals surface area contributed by atoms with Crippen LogP contribution < -0.4 is 0 Å². The van der Waals surface area contributed by atoms with E-state index in [1.54, 1.807) is 6.20 Å². The molecule has 2 aliphatic rings. The fraction of sp³-hybridized carbons (Fsp3) is 0.0270. The van der Waals surface area contributed by atoms with Crippen LogP contribution in [0, 0.1) is 0 Å². The summed E-state index contributed by atoms with van der Waals surface area (Å²) in [5.41, 5.74) is 11.5. The van der Waals surface area contributed by atoms with Crippen LogP contribution in [-0.2, 0) is 5.41 Å². The molecule has 1 aliphatic carbocycles. The van der Waals surface area contributed by atoms with E-state index in [9.17, 15) is 0 Å². The molecule has 8 rings (SSSR count). The monoisotopic (exact) mass is 528 g/mol. The molecule has 0 amide bonds. The minimum Gasteiger partial charge on any atom is -0.264 e. The largest absolute Gasteiger partial charge is 0.264 e. The van der Waals surface area contributed by atoms with E-state index in [1.807, 2.05) is 36.3 Å². The van der Waals surface area contributed by atoms with Gasteiger partial charge in [0, 0.05) is 39.5 Å². The number of hydrogen-bond acceptors (Lipinski definition) is 3. The van der Waals surface area contributed by atoms with Gasteiger partial charge in [-0.1, -0.05) is 103 Å². The third kappa shape index (κ3) is 3.45. The Hall–Kier alpha value is -4.73. The predicted molar refractivity (Wildman–Crippen MR) is 164 cm³/mol. The highest BCUT2D eigenvalue weighted by molar-refractivity contribution is 7.99. The number of hydrogen-bond donors (Lipinski definition) is 0. The molecule has 0 bridgehead atoms. The van der Waals surface area contributed by atoms with Crippen molar-refractivity contribution in [3.8, 4) is 22.4 Å². The summed E-state index contributed by atoms with van der Waals surface area (Å²) in [6, 6.07) is 41.9. The van der Waals surface area contributed by atoms with Gasteiger partial charge in [0.25, 0.3) is 0 Å². The van der Waals surface area contributed by atoms with Gasteiger partial charge < -0.3 is 0 Å². The Morgan fingerprint density at radius 2 is 1.18 bits per heavy atom. The van der Waals surface area contributed by atoms with Crippen LogP contribution in [0.15, 0.2) is 144 Å². The molecular weight excluding hydrogens is 504 g/mol. The molecule has 0 atom stereocenters. The predicted octanol–water partition coefficient (Wildman–Crippen LogP) is 9.14. The number of nitrogens with zero attached hydrogens (tertiary/aromatic N) is 2. The lowest BCUT2D eigenvalue weighted by atomic mass is 9.63. The fourth-order valence-corrected chi connectivity index (χ4v) is 7.53. The van der Waals surface area contributed by atoms with Gasteiger partial charge in [0.15, 0.2) is 0 Å². The molecule has 4 aromatic carbocycles. The summed E-state index contributed by atoms with van der Waals surface area (Å²) < 4.78 is 0. The van der Waals surface area contributed by atoms with Gasteiger partial charge in [-0.25, -0.2) is 0 Å². The first kappa shape index (κ1) is 23.2. The van der Waals surface area contributed by atoms with Crippen molar-refractivity contribution in [3.63, 3.8) is 0 Å². The Labute approximate surface area is 238 Å². The van der Waals surface area contributed by atoms with Crippen molar-refractivity contribution in [2.24, 2.45) is 0 Å². The molecule has 0 saturated heterocycles. The lowest BCUT2D eigenvalue weighted by Gasteiger charge is -2.42. The Morgan fingerprint density at radius 3 is 1.88 bits per heavy atom. The molecule has 3 heteroatoms. The molecule has 2 aromatic heterocycles. The lowest BCUT2D eigenvalue weighted by Crippen LogP contribution is -2.35. The summed E-state index contributed by atoms with van der Waals surface area (Å²) in [6.07, 6.45) is 10.2. The van der Waals surface area contributed by atoms with Gasteiger partial charge in [-0.05, 0) is 75.3 Å². The zero-order valence-corrected chi connectivity index (χ0v) is 22.5. The number of pyridine rings is 2. The van der Waals surface area contributed by atoms with Crippen molar-refractivity contribution in [3.05, 3.63) is 167 Å². The van der Waals surface area contributed by atoms with E-state index in [0.717, 1.165) is 22.4 Å². The molecule has 2 nitrogen and oxygen atoms in total. The molecule has 0 radical (unpaired) electrons. The van der Waals surface area contributed by atoms with Gasteiger partial charge in [-0.2, -0.15) is 0 Å². The summed E-state index contributed by atoms with van der Waals surface area (Å²) in [4.78, 5) is 11.7. The molecule has 0 unspecified atom stereocenters. The second-order valence-corrected chi connectivity index (χ2v) is 11.3. The van der Waals surface area contributed by atoms with E-state index in [1.165, 1.54) is 43.2 Å². The van der Waals surface area contributed by atoms with Gasteiger partial charge >= 0.3 is 0 Å². The standard InChI is InChI=1S/C37H24N2S/c1-2-10-30-25(8-1)15-16-26-17-18-27(28-19-20-34(39-24-28)29-9-7-21-38-23-29)22-33(26)37(30)31-11-3-5-13-35(31)40-36-14-6-4-12-32(36)37/h1-24H. The highest BCUT2D eigenvalue weighted by Gasteiger charge is 2.46. The van der Waals surface area contributed by atoms with E-state index < -0.39 is 5.41 Å². The zero-order valence-electron chi connectivity index (χ0n) is 21.7. The fourth-order valence-electron chi connectivity index (χ4n) is 6.34. The first-order chi connectivity index (χ1) is 19.8. The van der Waals surface area contributed by atoms with E-state index >= 15 is 0 Å². The maximum atomic E-state index is 4.81. The Morgan fingerprint density at radius 1 is 0.500 bits per heavy atom. The van der Waals surface area contributed by atoms with Gasteiger partial charge in [-0.15, -0.1) is 0 Å². The lowest BCUT2D eigenvalue weighted by molar-refractivity contribution is 0.701. The van der Waals surface area contributed by atoms with Crippen LogP contribution in [0.2, 0.25) is 0 Å². The van der Waals surface area contributed by atoms with Crippen molar-refractivity contribution >= 4 is 23.9 Å². The molecule has 6 aromatic rings. The first-order valence-corrected chi connectivity index (χ1v) is 14.3. The summed E-state index contributed by atoms with van der Waals surface area (Å²) in [7, 11) is 0. The number of fused-ring (bicyclic) bond motifs is 8. The molecule has 1 aliphatic heterocycles. The van der Waals surface area contributed by atoms with Gasteiger partial charge in [-0.3, -0.25) is 9.97 Å². The normalized spacial score (nSPS) is 14.0. The summed E-state index contributed by atoms with van der Waals surface area (Å²) in [5.74, 6) is 0. The second-order valence-electron chi connectivity index (χ2n) is 10.2. The highest BCUT2D eigenvalue weighted by atomic mass is 32.2. The third-order valence-electron chi connectivity index (χ3n) is 8.12. The summed E-state index contributed by atoms with van der Waals surface area (Å²) >= 11 is 1.87. The van der Waals surface area contributed by atoms with Crippen molar-refractivity contribution in [1.82, 2.24) is 9.97 Å². The van der Waals surface area contributed by atoms with E-state index in [2.05, 4.69) is 120 Å². The van der Waals surface area contributed by atoms with Crippen LogP contribution >= 0.6 is 11.8 Å². The molecule has 0 N–H and O–H groups in total. The number of benzene rings is 4. The summed E-state index contributed by atoms with van der Waals surface area (Å²) in [6.45, 7) is 0. The second kappa shape index (κ2) is 9.18. The maximum absolute atomic E-state index is 4.81. The zero-order chi connectivity index (χ0) is 26.5. The Kier molecular flexibility index (Phi) is 5.32. The molecule has 1 spiro atoms. The van der Waals surface area contributed by atoms with Crippen LogP contribution in [0.1, 0.15) is 33.4 Å². The van der Waals surface area contributed by atoms with Crippen LogP contribution in [0.4, 0.5) is 0 Å². The first-order valence-electron chi connectivity index (χ1n) is 13.5. The van der Waals surface area contributed by atoms with E-state index in [-0.39, 0.29) is 0 Å². The van der Waals surface area contributed by atoms with Crippen LogP contribution in [-0.4, -0.2) is 9.97 Å². The van der Waals surface area contributed by atoms with E-state index in [4.69, 9.17) is 4.98 Å². The third-order valence-corrected chi connectivity index (χ3v) is 9.27. The Bertz CT molecular complexity index is 1880. The van der Waals surface area contributed by atoms with Crippen LogP contribution in [0.5, 0.6) is 0 Å². The average Bonchev–Trinajstić information content (AvgIpc) is 3.17. The molecule has 40 heavy (non-hydrogen) atoms. The molecular formula is C37H24N2S. The smallest absolute Gasteiger partial charge is 0.0735 e. The maximum Gasteiger partial charge on any atom is 0.0735 e. The minimum atomic E-state index is -0.451. The van der Waals surface area contributed by atoms with Crippen molar-refractivity contribution < 1.29 is 0 Å². The molecule has 0 fully saturated rings. The average molecular weight is 529 g/mol. The van der Waals surface area contributed by atoms with Gasteiger partial charge in [0.2, 0.25) is 0 Å². The molecule has 3 heterocycles. The quantitative estimate of drug-likeness (QED) is 0.224. The number of rotatable bonds is 2. The van der Waals surface area contributed by atoms with Gasteiger partial charge in [0.1, 0.15) is 0 Å².